The molecule has 3 heterocycles. The Hall–Kier alpha value is -2.25. The molecule has 2 aromatic rings. The van der Waals surface area contributed by atoms with Gasteiger partial charge in [0, 0.05) is 49.0 Å². The van der Waals surface area contributed by atoms with Crippen LogP contribution in [0.15, 0.2) is 18.3 Å². The lowest BCUT2D eigenvalue weighted by Crippen LogP contribution is -2.40. The Morgan fingerprint density at radius 3 is 2.93 bits per heavy atom. The second-order valence-corrected chi connectivity index (χ2v) is 7.49. The molecule has 144 valence electrons. The molecular weight excluding hydrogens is 364 g/mol. The molecule has 2 atom stereocenters. The number of anilines is 1. The lowest BCUT2D eigenvalue weighted by molar-refractivity contribution is 0.0990. The third-order valence-electron chi connectivity index (χ3n) is 4.93. The van der Waals surface area contributed by atoms with Crippen LogP contribution < -0.4 is 16.0 Å². The Morgan fingerprint density at radius 2 is 2.22 bits per heavy atom. The lowest BCUT2D eigenvalue weighted by atomic mass is 10.1. The summed E-state index contributed by atoms with van der Waals surface area (Å²) in [5.74, 6) is 0.262. The van der Waals surface area contributed by atoms with Crippen molar-refractivity contribution >= 4 is 23.3 Å². The average molecular weight is 389 g/mol. The molecule has 1 amide bonds. The van der Waals surface area contributed by atoms with Crippen molar-refractivity contribution in [1.29, 1.82) is 0 Å². The summed E-state index contributed by atoms with van der Waals surface area (Å²) < 4.78 is 0. The fraction of sp³-hybridized carbons (Fsp3) is 0.474. The number of amides is 1. The number of hydrogen-bond donors (Lipinski definition) is 2. The first-order valence-corrected chi connectivity index (χ1v) is 9.48. The van der Waals surface area contributed by atoms with E-state index in [2.05, 4.69) is 32.1 Å². The number of halogens is 1. The number of aromatic nitrogens is 3. The van der Waals surface area contributed by atoms with E-state index in [9.17, 15) is 4.79 Å². The summed E-state index contributed by atoms with van der Waals surface area (Å²) in [6, 6.07) is 4.28. The van der Waals surface area contributed by atoms with E-state index in [1.54, 1.807) is 6.20 Å². The van der Waals surface area contributed by atoms with E-state index >= 15 is 0 Å². The minimum absolute atomic E-state index is 0.0719. The van der Waals surface area contributed by atoms with Crippen molar-refractivity contribution in [3.05, 3.63) is 46.1 Å². The summed E-state index contributed by atoms with van der Waals surface area (Å²) in [5, 5.41) is 4.35. The lowest BCUT2D eigenvalue weighted by Gasteiger charge is -2.23. The molecule has 7 nitrogen and oxygen atoms in total. The molecular formula is C19H25ClN6O. The third kappa shape index (κ3) is 4.54. The molecule has 0 aliphatic carbocycles. The second-order valence-electron chi connectivity index (χ2n) is 7.08. The van der Waals surface area contributed by atoms with Crippen molar-refractivity contribution in [2.24, 2.45) is 5.73 Å². The quantitative estimate of drug-likeness (QED) is 0.785. The van der Waals surface area contributed by atoms with Gasteiger partial charge >= 0.3 is 0 Å². The van der Waals surface area contributed by atoms with Crippen molar-refractivity contribution < 1.29 is 4.79 Å². The van der Waals surface area contributed by atoms with Crippen molar-refractivity contribution in [3.63, 3.8) is 0 Å². The molecule has 1 unspecified atom stereocenters. The zero-order valence-corrected chi connectivity index (χ0v) is 16.6. The van der Waals surface area contributed by atoms with E-state index in [1.165, 1.54) is 0 Å². The van der Waals surface area contributed by atoms with Gasteiger partial charge < -0.3 is 16.0 Å². The molecule has 1 fully saturated rings. The SMILES string of the molecule is Cc1nc(C(N)=O)nc(N2CC[C@@H](NC(C)Cc3ncccc3Cl)C2)c1C. The summed E-state index contributed by atoms with van der Waals surface area (Å²) in [5.41, 5.74) is 8.03. The smallest absolute Gasteiger partial charge is 0.286 e. The van der Waals surface area contributed by atoms with Gasteiger partial charge in [-0.05, 0) is 39.3 Å². The zero-order valence-electron chi connectivity index (χ0n) is 15.9. The second kappa shape index (κ2) is 8.19. The van der Waals surface area contributed by atoms with Crippen molar-refractivity contribution in [2.45, 2.75) is 45.7 Å². The highest BCUT2D eigenvalue weighted by Crippen LogP contribution is 2.24. The highest BCUT2D eigenvalue weighted by molar-refractivity contribution is 6.31. The van der Waals surface area contributed by atoms with Crippen LogP contribution in [0, 0.1) is 13.8 Å². The van der Waals surface area contributed by atoms with Crippen LogP contribution in [0.1, 0.15) is 40.9 Å². The summed E-state index contributed by atoms with van der Waals surface area (Å²) in [4.78, 5) is 26.6. The number of carbonyl (C=O) groups is 1. The monoisotopic (exact) mass is 388 g/mol. The zero-order chi connectivity index (χ0) is 19.6. The maximum atomic E-state index is 11.5. The molecule has 3 rings (SSSR count). The van der Waals surface area contributed by atoms with Gasteiger partial charge in [0.1, 0.15) is 5.82 Å². The maximum Gasteiger partial charge on any atom is 0.286 e. The van der Waals surface area contributed by atoms with Crippen LogP contribution >= 0.6 is 11.6 Å². The topological polar surface area (TPSA) is 97.0 Å². The van der Waals surface area contributed by atoms with Crippen LogP contribution in [0.5, 0.6) is 0 Å². The summed E-state index contributed by atoms with van der Waals surface area (Å²) >= 11 is 6.21. The molecule has 0 bridgehead atoms. The van der Waals surface area contributed by atoms with Crippen LogP contribution in [0.2, 0.25) is 5.02 Å². The van der Waals surface area contributed by atoms with Gasteiger partial charge in [-0.3, -0.25) is 9.78 Å². The number of nitrogens with two attached hydrogens (primary N) is 1. The van der Waals surface area contributed by atoms with E-state index in [-0.39, 0.29) is 11.9 Å². The number of aryl methyl sites for hydroxylation is 1. The average Bonchev–Trinajstić information content (AvgIpc) is 3.07. The molecule has 0 radical (unpaired) electrons. The number of rotatable bonds is 6. The highest BCUT2D eigenvalue weighted by atomic mass is 35.5. The van der Waals surface area contributed by atoms with Gasteiger partial charge in [0.15, 0.2) is 0 Å². The number of primary amides is 1. The van der Waals surface area contributed by atoms with Gasteiger partial charge in [-0.15, -0.1) is 0 Å². The molecule has 1 saturated heterocycles. The minimum Gasteiger partial charge on any atom is -0.363 e. The molecule has 2 aromatic heterocycles. The highest BCUT2D eigenvalue weighted by Gasteiger charge is 2.27. The summed E-state index contributed by atoms with van der Waals surface area (Å²) in [6.45, 7) is 7.66. The molecule has 3 N–H and O–H groups in total. The van der Waals surface area contributed by atoms with E-state index in [4.69, 9.17) is 17.3 Å². The minimum atomic E-state index is -0.603. The van der Waals surface area contributed by atoms with Crippen LogP contribution in [-0.4, -0.2) is 46.0 Å². The van der Waals surface area contributed by atoms with Gasteiger partial charge in [0.2, 0.25) is 5.82 Å². The van der Waals surface area contributed by atoms with E-state index < -0.39 is 5.91 Å². The van der Waals surface area contributed by atoms with Gasteiger partial charge in [-0.25, -0.2) is 9.97 Å². The Kier molecular flexibility index (Phi) is 5.92. The van der Waals surface area contributed by atoms with Gasteiger partial charge in [0.25, 0.3) is 5.91 Å². The largest absolute Gasteiger partial charge is 0.363 e. The maximum absolute atomic E-state index is 11.5. The van der Waals surface area contributed by atoms with Crippen molar-refractivity contribution in [2.75, 3.05) is 18.0 Å². The number of nitrogens with one attached hydrogen (secondary N) is 1. The standard InChI is InChI=1S/C19H25ClN6O/c1-11(9-16-15(20)5-4-7-22-16)23-14-6-8-26(10-14)19-12(2)13(3)24-18(25-19)17(21)27/h4-5,7,11,14,23H,6,8-10H2,1-3H3,(H2,21,27)/t11?,14-/m1/s1. The fourth-order valence-corrected chi connectivity index (χ4v) is 3.64. The Labute approximate surface area is 164 Å². The Morgan fingerprint density at radius 1 is 1.44 bits per heavy atom. The van der Waals surface area contributed by atoms with Crippen molar-refractivity contribution in [1.82, 2.24) is 20.3 Å². The van der Waals surface area contributed by atoms with E-state index in [1.807, 2.05) is 26.0 Å². The molecule has 8 heteroatoms. The number of nitrogens with zero attached hydrogens (tertiary/aromatic N) is 4. The first kappa shape index (κ1) is 19.5. The van der Waals surface area contributed by atoms with Gasteiger partial charge in [-0.1, -0.05) is 11.6 Å². The Balaban J connectivity index is 1.65. The summed E-state index contributed by atoms with van der Waals surface area (Å²) in [6.07, 6.45) is 3.53. The predicted molar refractivity (Wildman–Crippen MR) is 106 cm³/mol. The first-order valence-electron chi connectivity index (χ1n) is 9.10. The van der Waals surface area contributed by atoms with E-state index in [0.717, 1.165) is 48.7 Å². The molecule has 0 spiro atoms. The molecule has 0 saturated carbocycles. The van der Waals surface area contributed by atoms with Crippen LogP contribution in [0.4, 0.5) is 5.82 Å². The number of pyridine rings is 1. The molecule has 1 aliphatic heterocycles. The third-order valence-corrected chi connectivity index (χ3v) is 5.27. The van der Waals surface area contributed by atoms with Crippen molar-refractivity contribution in [3.8, 4) is 0 Å². The van der Waals surface area contributed by atoms with Crippen LogP contribution in [0.3, 0.4) is 0 Å². The predicted octanol–water partition coefficient (Wildman–Crippen LogP) is 2.04. The molecule has 0 aromatic carbocycles. The van der Waals surface area contributed by atoms with Crippen LogP contribution in [-0.2, 0) is 6.42 Å². The normalized spacial score (nSPS) is 17.9. The van der Waals surface area contributed by atoms with E-state index in [0.29, 0.717) is 11.1 Å². The number of hydrogen-bond acceptors (Lipinski definition) is 6. The van der Waals surface area contributed by atoms with Gasteiger partial charge in [-0.2, -0.15) is 0 Å². The first-order chi connectivity index (χ1) is 12.8. The number of carbonyl (C=O) groups excluding carboxylic acids is 1. The molecule has 1 aliphatic rings. The van der Waals surface area contributed by atoms with Crippen LogP contribution in [0.25, 0.3) is 0 Å². The molecule has 27 heavy (non-hydrogen) atoms. The fourth-order valence-electron chi connectivity index (χ4n) is 3.44. The summed E-state index contributed by atoms with van der Waals surface area (Å²) in [7, 11) is 0. The Bertz CT molecular complexity index is 843. The van der Waals surface area contributed by atoms with Gasteiger partial charge in [0.05, 0.1) is 10.7 Å².